The maximum absolute atomic E-state index is 12.5. The summed E-state index contributed by atoms with van der Waals surface area (Å²) in [4.78, 5) is 18.1. The Kier molecular flexibility index (Phi) is 5.76. The minimum atomic E-state index is -0.117. The Morgan fingerprint density at radius 3 is 2.48 bits per heavy atom. The molecule has 0 saturated heterocycles. The molecule has 0 aliphatic rings. The van der Waals surface area contributed by atoms with Gasteiger partial charge in [-0.3, -0.25) is 4.79 Å². The molecule has 27 heavy (non-hydrogen) atoms. The zero-order valence-corrected chi connectivity index (χ0v) is 16.6. The summed E-state index contributed by atoms with van der Waals surface area (Å²) in [6.07, 6.45) is 0.237. The lowest BCUT2D eigenvalue weighted by molar-refractivity contribution is -0.115. The fourth-order valence-electron chi connectivity index (χ4n) is 2.85. The van der Waals surface area contributed by atoms with Crippen molar-refractivity contribution in [2.24, 2.45) is 0 Å². The minimum Gasteiger partial charge on any atom is -0.497 e. The number of carbonyl (C=O) groups excluding carboxylic acids is 1. The molecule has 0 radical (unpaired) electrons. The molecule has 0 atom stereocenters. The number of methoxy groups -OCH3 is 2. The van der Waals surface area contributed by atoms with Crippen molar-refractivity contribution < 1.29 is 14.3 Å². The van der Waals surface area contributed by atoms with Gasteiger partial charge in [0.1, 0.15) is 11.5 Å². The summed E-state index contributed by atoms with van der Waals surface area (Å²) in [6, 6.07) is 13.5. The third-order valence-electron chi connectivity index (χ3n) is 4.19. The number of aryl methyl sites for hydroxylation is 2. The molecule has 0 saturated carbocycles. The van der Waals surface area contributed by atoms with E-state index in [0.717, 1.165) is 33.0 Å². The molecular formula is C21H22N2O3S. The number of carbonyl (C=O) groups is 1. The van der Waals surface area contributed by atoms with E-state index >= 15 is 0 Å². The van der Waals surface area contributed by atoms with Crippen LogP contribution in [0.5, 0.6) is 11.5 Å². The first-order valence-corrected chi connectivity index (χ1v) is 9.37. The van der Waals surface area contributed by atoms with Gasteiger partial charge in [0.05, 0.1) is 26.3 Å². The van der Waals surface area contributed by atoms with Crippen LogP contribution in [-0.4, -0.2) is 25.1 Å². The first-order valence-electron chi connectivity index (χ1n) is 8.55. The highest BCUT2D eigenvalue weighted by molar-refractivity contribution is 7.16. The molecular weight excluding hydrogens is 360 g/mol. The number of anilines is 1. The SMILES string of the molecule is COc1ccc(-c2nc(NC(=O)Cc3cc(C)ccc3OC)sc2C)cc1. The second-order valence-corrected chi connectivity index (χ2v) is 7.40. The summed E-state index contributed by atoms with van der Waals surface area (Å²) in [5.41, 5.74) is 3.81. The third kappa shape index (κ3) is 4.46. The third-order valence-corrected chi connectivity index (χ3v) is 5.08. The number of amides is 1. The monoisotopic (exact) mass is 382 g/mol. The molecule has 140 valence electrons. The standard InChI is InChI=1S/C21H22N2O3S/c1-13-5-10-18(26-4)16(11-13)12-19(24)22-21-23-20(14(2)27-21)15-6-8-17(25-3)9-7-15/h5-11H,12H2,1-4H3,(H,22,23,24). The van der Waals surface area contributed by atoms with Crippen LogP contribution in [0.4, 0.5) is 5.13 Å². The highest BCUT2D eigenvalue weighted by atomic mass is 32.1. The van der Waals surface area contributed by atoms with E-state index in [1.165, 1.54) is 11.3 Å². The topological polar surface area (TPSA) is 60.5 Å². The van der Waals surface area contributed by atoms with E-state index < -0.39 is 0 Å². The molecule has 1 heterocycles. The Balaban J connectivity index is 1.74. The van der Waals surface area contributed by atoms with Crippen molar-refractivity contribution >= 4 is 22.4 Å². The second-order valence-electron chi connectivity index (χ2n) is 6.19. The van der Waals surface area contributed by atoms with Gasteiger partial charge in [0, 0.05) is 16.0 Å². The van der Waals surface area contributed by atoms with Crippen LogP contribution in [0, 0.1) is 13.8 Å². The quantitative estimate of drug-likeness (QED) is 0.675. The van der Waals surface area contributed by atoms with E-state index in [1.807, 2.05) is 56.3 Å². The van der Waals surface area contributed by atoms with Gasteiger partial charge >= 0.3 is 0 Å². The average molecular weight is 382 g/mol. The number of hydrogen-bond acceptors (Lipinski definition) is 5. The smallest absolute Gasteiger partial charge is 0.230 e. The maximum atomic E-state index is 12.5. The van der Waals surface area contributed by atoms with Crippen molar-refractivity contribution in [3.05, 3.63) is 58.5 Å². The molecule has 1 amide bonds. The molecule has 6 heteroatoms. The van der Waals surface area contributed by atoms with Crippen LogP contribution in [0.15, 0.2) is 42.5 Å². The molecule has 0 unspecified atom stereocenters. The number of nitrogens with zero attached hydrogens (tertiary/aromatic N) is 1. The van der Waals surface area contributed by atoms with Crippen LogP contribution in [0.2, 0.25) is 0 Å². The predicted octanol–water partition coefficient (Wildman–Crippen LogP) is 4.63. The number of benzene rings is 2. The summed E-state index contributed by atoms with van der Waals surface area (Å²) < 4.78 is 10.5. The summed E-state index contributed by atoms with van der Waals surface area (Å²) in [5.74, 6) is 1.39. The second kappa shape index (κ2) is 8.22. The zero-order chi connectivity index (χ0) is 19.4. The first kappa shape index (κ1) is 18.9. The van der Waals surface area contributed by atoms with Crippen LogP contribution in [0.3, 0.4) is 0 Å². The highest BCUT2D eigenvalue weighted by Crippen LogP contribution is 2.31. The van der Waals surface area contributed by atoms with Crippen molar-refractivity contribution in [1.29, 1.82) is 0 Å². The minimum absolute atomic E-state index is 0.117. The summed E-state index contributed by atoms with van der Waals surface area (Å²) in [5, 5.41) is 3.50. The Hall–Kier alpha value is -2.86. The average Bonchev–Trinajstić information content (AvgIpc) is 3.02. The molecule has 2 aromatic carbocycles. The van der Waals surface area contributed by atoms with Crippen LogP contribution in [-0.2, 0) is 11.2 Å². The van der Waals surface area contributed by atoms with E-state index in [-0.39, 0.29) is 12.3 Å². The fourth-order valence-corrected chi connectivity index (χ4v) is 3.70. The largest absolute Gasteiger partial charge is 0.497 e. The van der Waals surface area contributed by atoms with Crippen molar-refractivity contribution in [3.8, 4) is 22.8 Å². The molecule has 0 aliphatic heterocycles. The number of nitrogens with one attached hydrogen (secondary N) is 1. The summed E-state index contributed by atoms with van der Waals surface area (Å²) in [7, 11) is 3.25. The van der Waals surface area contributed by atoms with Gasteiger partial charge < -0.3 is 14.8 Å². The van der Waals surface area contributed by atoms with E-state index in [0.29, 0.717) is 10.9 Å². The van der Waals surface area contributed by atoms with Crippen LogP contribution in [0.1, 0.15) is 16.0 Å². The lowest BCUT2D eigenvalue weighted by Gasteiger charge is -2.09. The predicted molar refractivity (Wildman–Crippen MR) is 109 cm³/mol. The van der Waals surface area contributed by atoms with Gasteiger partial charge in [-0.05, 0) is 44.2 Å². The Morgan fingerprint density at radius 2 is 1.81 bits per heavy atom. The molecule has 0 spiro atoms. The molecule has 1 aromatic heterocycles. The van der Waals surface area contributed by atoms with E-state index in [1.54, 1.807) is 14.2 Å². The Bertz CT molecular complexity index is 949. The van der Waals surface area contributed by atoms with Crippen LogP contribution in [0.25, 0.3) is 11.3 Å². The maximum Gasteiger partial charge on any atom is 0.230 e. The lowest BCUT2D eigenvalue weighted by Crippen LogP contribution is -2.14. The van der Waals surface area contributed by atoms with Gasteiger partial charge in [-0.25, -0.2) is 4.98 Å². The van der Waals surface area contributed by atoms with Gasteiger partial charge in [-0.1, -0.05) is 17.7 Å². The normalized spacial score (nSPS) is 10.5. The first-order chi connectivity index (χ1) is 13.0. The van der Waals surface area contributed by atoms with Crippen molar-refractivity contribution in [2.45, 2.75) is 20.3 Å². The lowest BCUT2D eigenvalue weighted by atomic mass is 10.1. The molecule has 3 aromatic rings. The fraction of sp³-hybridized carbons (Fsp3) is 0.238. The van der Waals surface area contributed by atoms with Gasteiger partial charge in [0.15, 0.2) is 5.13 Å². The van der Waals surface area contributed by atoms with E-state index in [9.17, 15) is 4.79 Å². The number of rotatable bonds is 6. The number of aromatic nitrogens is 1. The van der Waals surface area contributed by atoms with Gasteiger partial charge in [0.25, 0.3) is 0 Å². The van der Waals surface area contributed by atoms with Gasteiger partial charge in [-0.2, -0.15) is 0 Å². The van der Waals surface area contributed by atoms with Crippen molar-refractivity contribution in [2.75, 3.05) is 19.5 Å². The highest BCUT2D eigenvalue weighted by Gasteiger charge is 2.14. The Labute approximate surface area is 163 Å². The van der Waals surface area contributed by atoms with Gasteiger partial charge in [0.2, 0.25) is 5.91 Å². The number of ether oxygens (including phenoxy) is 2. The molecule has 0 fully saturated rings. The van der Waals surface area contributed by atoms with Gasteiger partial charge in [-0.15, -0.1) is 11.3 Å². The van der Waals surface area contributed by atoms with Crippen LogP contribution < -0.4 is 14.8 Å². The number of hydrogen-bond donors (Lipinski definition) is 1. The van der Waals surface area contributed by atoms with Crippen molar-refractivity contribution in [3.63, 3.8) is 0 Å². The van der Waals surface area contributed by atoms with Crippen molar-refractivity contribution in [1.82, 2.24) is 4.98 Å². The van der Waals surface area contributed by atoms with E-state index in [4.69, 9.17) is 9.47 Å². The summed E-state index contributed by atoms with van der Waals surface area (Å²) in [6.45, 7) is 3.99. The summed E-state index contributed by atoms with van der Waals surface area (Å²) >= 11 is 1.47. The molecule has 5 nitrogen and oxygen atoms in total. The zero-order valence-electron chi connectivity index (χ0n) is 15.8. The Morgan fingerprint density at radius 1 is 1.07 bits per heavy atom. The molecule has 3 rings (SSSR count). The van der Waals surface area contributed by atoms with E-state index in [2.05, 4.69) is 10.3 Å². The van der Waals surface area contributed by atoms with Crippen LogP contribution >= 0.6 is 11.3 Å². The molecule has 1 N–H and O–H groups in total. The molecule has 0 bridgehead atoms. The molecule has 0 aliphatic carbocycles. The number of thiazole rings is 1.